The Morgan fingerprint density at radius 3 is 2.56 bits per heavy atom. The van der Waals surface area contributed by atoms with E-state index in [9.17, 15) is 12.8 Å². The summed E-state index contributed by atoms with van der Waals surface area (Å²) in [6.45, 7) is 2.13. The molecule has 0 aliphatic heterocycles. The second-order valence-electron chi connectivity index (χ2n) is 4.35. The molecule has 0 saturated carbocycles. The largest absolute Gasteiger partial charge is 0.396 e. The number of sulfonamides is 1. The number of nitrogens with zero attached hydrogens (tertiary/aromatic N) is 1. The maximum atomic E-state index is 13.2. The van der Waals surface area contributed by atoms with E-state index < -0.39 is 15.8 Å². The number of nitrogen functional groups attached to an aromatic ring is 1. The number of halogens is 1. The molecule has 1 aromatic rings. The van der Waals surface area contributed by atoms with Crippen LogP contribution < -0.4 is 10.5 Å². The van der Waals surface area contributed by atoms with Gasteiger partial charge < -0.3 is 10.6 Å². The molecule has 18 heavy (non-hydrogen) atoms. The number of likely N-dealkylation sites (N-methyl/N-ethyl adjacent to an activating group) is 1. The van der Waals surface area contributed by atoms with Gasteiger partial charge in [0.1, 0.15) is 5.82 Å². The van der Waals surface area contributed by atoms with Crippen molar-refractivity contribution in [3.63, 3.8) is 0 Å². The van der Waals surface area contributed by atoms with Crippen LogP contribution >= 0.6 is 0 Å². The zero-order valence-corrected chi connectivity index (χ0v) is 11.5. The summed E-state index contributed by atoms with van der Waals surface area (Å²) >= 11 is 0. The summed E-state index contributed by atoms with van der Waals surface area (Å²) in [7, 11) is -0.00223. The van der Waals surface area contributed by atoms with E-state index in [-0.39, 0.29) is 23.2 Å². The van der Waals surface area contributed by atoms with Crippen LogP contribution in [0.2, 0.25) is 0 Å². The van der Waals surface area contributed by atoms with Crippen LogP contribution in [-0.2, 0) is 10.0 Å². The number of nitrogens with one attached hydrogen (secondary N) is 1. The first-order valence-corrected chi connectivity index (χ1v) is 6.93. The highest BCUT2D eigenvalue weighted by molar-refractivity contribution is 7.89. The Labute approximate surface area is 107 Å². The summed E-state index contributed by atoms with van der Waals surface area (Å²) in [5.74, 6) is -0.737. The molecule has 0 aromatic heterocycles. The third-order valence-electron chi connectivity index (χ3n) is 2.73. The number of rotatable bonds is 5. The molecular weight excluding hydrogens is 257 g/mol. The molecule has 7 heteroatoms. The Kier molecular flexibility index (Phi) is 4.66. The van der Waals surface area contributed by atoms with Gasteiger partial charge in [-0.3, -0.25) is 0 Å². The molecule has 0 aliphatic carbocycles. The fourth-order valence-corrected chi connectivity index (χ4v) is 2.30. The van der Waals surface area contributed by atoms with E-state index in [1.807, 2.05) is 25.9 Å². The van der Waals surface area contributed by atoms with Gasteiger partial charge in [-0.15, -0.1) is 0 Å². The second kappa shape index (κ2) is 5.64. The highest BCUT2D eigenvalue weighted by Gasteiger charge is 2.17. The Hall–Kier alpha value is -1.18. The van der Waals surface area contributed by atoms with Gasteiger partial charge in [-0.05, 0) is 39.2 Å². The minimum Gasteiger partial charge on any atom is -0.396 e. The highest BCUT2D eigenvalue weighted by atomic mass is 32.2. The van der Waals surface area contributed by atoms with Crippen molar-refractivity contribution in [2.75, 3.05) is 26.4 Å². The maximum Gasteiger partial charge on any atom is 0.240 e. The molecule has 0 radical (unpaired) electrons. The predicted molar refractivity (Wildman–Crippen MR) is 69.1 cm³/mol. The molecule has 102 valence electrons. The molecule has 0 fully saturated rings. The van der Waals surface area contributed by atoms with Crippen LogP contribution in [0.5, 0.6) is 0 Å². The summed E-state index contributed by atoms with van der Waals surface area (Å²) in [5.41, 5.74) is 5.22. The van der Waals surface area contributed by atoms with Crippen LogP contribution in [-0.4, -0.2) is 40.0 Å². The third kappa shape index (κ3) is 3.66. The Morgan fingerprint density at radius 2 is 2.06 bits per heavy atom. The standard InChI is InChI=1S/C11H18FN3O2S/c1-8(15(2)3)7-14-18(16,17)9-4-5-11(13)10(12)6-9/h4-6,8,14H,7,13H2,1-3H3. The molecule has 0 saturated heterocycles. The van der Waals surface area contributed by atoms with E-state index in [0.29, 0.717) is 0 Å². The van der Waals surface area contributed by atoms with Crippen LogP contribution in [0, 0.1) is 5.82 Å². The minimum absolute atomic E-state index is 0.0402. The summed E-state index contributed by atoms with van der Waals surface area (Å²) in [6, 6.07) is 3.47. The maximum absolute atomic E-state index is 13.2. The first-order chi connectivity index (χ1) is 8.24. The monoisotopic (exact) mass is 275 g/mol. The van der Waals surface area contributed by atoms with E-state index >= 15 is 0 Å². The predicted octanol–water partition coefficient (Wildman–Crippen LogP) is 0.636. The lowest BCUT2D eigenvalue weighted by Gasteiger charge is -2.20. The fraction of sp³-hybridized carbons (Fsp3) is 0.455. The second-order valence-corrected chi connectivity index (χ2v) is 6.11. The highest BCUT2D eigenvalue weighted by Crippen LogP contribution is 2.16. The molecule has 1 aromatic carbocycles. The van der Waals surface area contributed by atoms with Gasteiger partial charge in [0.25, 0.3) is 0 Å². The minimum atomic E-state index is -3.70. The van der Waals surface area contributed by atoms with Crippen molar-refractivity contribution in [3.05, 3.63) is 24.0 Å². The number of nitrogens with two attached hydrogens (primary N) is 1. The van der Waals surface area contributed by atoms with Crippen molar-refractivity contribution >= 4 is 15.7 Å². The van der Waals surface area contributed by atoms with Crippen molar-refractivity contribution in [3.8, 4) is 0 Å². The SMILES string of the molecule is CC(CNS(=O)(=O)c1ccc(N)c(F)c1)N(C)C. The van der Waals surface area contributed by atoms with Gasteiger partial charge >= 0.3 is 0 Å². The molecule has 0 bridgehead atoms. The van der Waals surface area contributed by atoms with Crippen molar-refractivity contribution in [1.29, 1.82) is 0 Å². The van der Waals surface area contributed by atoms with Crippen molar-refractivity contribution in [2.24, 2.45) is 0 Å². The molecule has 0 amide bonds. The Morgan fingerprint density at radius 1 is 1.44 bits per heavy atom. The lowest BCUT2D eigenvalue weighted by Crippen LogP contribution is -2.38. The Bertz CT molecular complexity index is 517. The average Bonchev–Trinajstić information content (AvgIpc) is 2.29. The summed E-state index contributed by atoms with van der Waals surface area (Å²) in [5, 5.41) is 0. The van der Waals surface area contributed by atoms with E-state index in [0.717, 1.165) is 6.07 Å². The van der Waals surface area contributed by atoms with Crippen LogP contribution in [0.25, 0.3) is 0 Å². The van der Waals surface area contributed by atoms with Crippen LogP contribution in [0.3, 0.4) is 0 Å². The molecule has 1 unspecified atom stereocenters. The number of hydrogen-bond acceptors (Lipinski definition) is 4. The van der Waals surface area contributed by atoms with E-state index in [2.05, 4.69) is 4.72 Å². The van der Waals surface area contributed by atoms with Crippen LogP contribution in [0.15, 0.2) is 23.1 Å². The van der Waals surface area contributed by atoms with E-state index in [1.54, 1.807) is 0 Å². The molecule has 5 nitrogen and oxygen atoms in total. The first-order valence-electron chi connectivity index (χ1n) is 5.45. The van der Waals surface area contributed by atoms with E-state index in [1.165, 1.54) is 12.1 Å². The van der Waals surface area contributed by atoms with Gasteiger partial charge in [-0.2, -0.15) is 0 Å². The van der Waals surface area contributed by atoms with Gasteiger partial charge in [0.2, 0.25) is 10.0 Å². The molecule has 1 rings (SSSR count). The first kappa shape index (κ1) is 14.9. The smallest absolute Gasteiger partial charge is 0.240 e. The quantitative estimate of drug-likeness (QED) is 0.773. The summed E-state index contributed by atoms with van der Waals surface area (Å²) in [6.07, 6.45) is 0. The molecule has 0 spiro atoms. The van der Waals surface area contributed by atoms with Gasteiger partial charge in [0, 0.05) is 12.6 Å². The zero-order valence-electron chi connectivity index (χ0n) is 10.6. The van der Waals surface area contributed by atoms with Crippen molar-refractivity contribution in [2.45, 2.75) is 17.9 Å². The summed E-state index contributed by atoms with van der Waals surface area (Å²) < 4.78 is 39.4. The van der Waals surface area contributed by atoms with Gasteiger partial charge in [0.15, 0.2) is 0 Å². The Balaban J connectivity index is 2.83. The van der Waals surface area contributed by atoms with Crippen molar-refractivity contribution < 1.29 is 12.8 Å². The normalized spacial score (nSPS) is 13.8. The van der Waals surface area contributed by atoms with E-state index in [4.69, 9.17) is 5.73 Å². The molecule has 0 heterocycles. The number of benzene rings is 1. The van der Waals surface area contributed by atoms with Gasteiger partial charge in [-0.25, -0.2) is 17.5 Å². The third-order valence-corrected chi connectivity index (χ3v) is 4.15. The van der Waals surface area contributed by atoms with Crippen LogP contribution in [0.4, 0.5) is 10.1 Å². The molecular formula is C11H18FN3O2S. The number of anilines is 1. The summed E-state index contributed by atoms with van der Waals surface area (Å²) in [4.78, 5) is 1.76. The molecule has 1 atom stereocenters. The fourth-order valence-electron chi connectivity index (χ4n) is 1.17. The van der Waals surface area contributed by atoms with Gasteiger partial charge in [0.05, 0.1) is 10.6 Å². The lowest BCUT2D eigenvalue weighted by molar-refractivity contribution is 0.314. The number of hydrogen-bond donors (Lipinski definition) is 2. The van der Waals surface area contributed by atoms with Crippen LogP contribution in [0.1, 0.15) is 6.92 Å². The van der Waals surface area contributed by atoms with Crippen molar-refractivity contribution in [1.82, 2.24) is 9.62 Å². The zero-order chi connectivity index (χ0) is 13.9. The topological polar surface area (TPSA) is 75.4 Å². The lowest BCUT2D eigenvalue weighted by atomic mass is 10.3. The molecule has 3 N–H and O–H groups in total. The van der Waals surface area contributed by atoms with Gasteiger partial charge in [-0.1, -0.05) is 0 Å². The molecule has 0 aliphatic rings. The average molecular weight is 275 g/mol.